The number of carbonyl (C=O) groups is 1. The molecule has 0 atom stereocenters. The zero-order valence-corrected chi connectivity index (χ0v) is 13.3. The van der Waals surface area contributed by atoms with Crippen molar-refractivity contribution >= 4 is 33.1 Å². The minimum absolute atomic E-state index is 0.0971. The van der Waals surface area contributed by atoms with Crippen molar-refractivity contribution < 1.29 is 9.53 Å². The van der Waals surface area contributed by atoms with Gasteiger partial charge in [-0.15, -0.1) is 11.3 Å². The van der Waals surface area contributed by atoms with E-state index in [1.165, 1.54) is 22.2 Å². The summed E-state index contributed by atoms with van der Waals surface area (Å²) in [6, 6.07) is 8.96. The Morgan fingerprint density at radius 1 is 1.35 bits per heavy atom. The van der Waals surface area contributed by atoms with E-state index in [-0.39, 0.29) is 18.0 Å². The standard InChI is InChI=1S/C16H15N3O3S/c1-2-22-13-6-4-3-5-11(13)18-14(20)9-19-10-17-12-7-8-23-15(12)16(19)21/h3-8,10H,2,9H2,1H3,(H,18,20). The normalized spacial score (nSPS) is 10.7. The van der Waals surface area contributed by atoms with Crippen LogP contribution in [-0.4, -0.2) is 22.1 Å². The SMILES string of the molecule is CCOc1ccccc1NC(=O)Cn1cnc2ccsc2c1=O. The first-order valence-electron chi connectivity index (χ1n) is 7.13. The fraction of sp³-hybridized carbons (Fsp3) is 0.188. The number of amides is 1. The zero-order valence-electron chi connectivity index (χ0n) is 12.5. The molecule has 0 saturated heterocycles. The van der Waals surface area contributed by atoms with Crippen LogP contribution in [0.15, 0.2) is 46.8 Å². The van der Waals surface area contributed by atoms with E-state index in [0.717, 1.165) is 0 Å². The number of nitrogens with one attached hydrogen (secondary N) is 1. The Hall–Kier alpha value is -2.67. The molecule has 6 nitrogen and oxygen atoms in total. The number of para-hydroxylation sites is 2. The highest BCUT2D eigenvalue weighted by molar-refractivity contribution is 7.17. The maximum absolute atomic E-state index is 12.3. The van der Waals surface area contributed by atoms with E-state index in [2.05, 4.69) is 10.3 Å². The molecule has 118 valence electrons. The van der Waals surface area contributed by atoms with Gasteiger partial charge >= 0.3 is 0 Å². The van der Waals surface area contributed by atoms with Crippen LogP contribution >= 0.6 is 11.3 Å². The number of ether oxygens (including phenoxy) is 1. The summed E-state index contributed by atoms with van der Waals surface area (Å²) in [6.45, 7) is 2.28. The third-order valence-corrected chi connectivity index (χ3v) is 4.10. The van der Waals surface area contributed by atoms with Gasteiger partial charge in [0.25, 0.3) is 5.56 Å². The van der Waals surface area contributed by atoms with Crippen molar-refractivity contribution in [2.24, 2.45) is 0 Å². The number of hydrogen-bond acceptors (Lipinski definition) is 5. The Balaban J connectivity index is 1.79. The molecule has 3 rings (SSSR count). The molecule has 0 aliphatic rings. The quantitative estimate of drug-likeness (QED) is 0.780. The fourth-order valence-corrected chi connectivity index (χ4v) is 2.98. The van der Waals surface area contributed by atoms with Gasteiger partial charge in [0.15, 0.2) is 0 Å². The van der Waals surface area contributed by atoms with Crippen LogP contribution in [0.4, 0.5) is 5.69 Å². The van der Waals surface area contributed by atoms with E-state index in [1.807, 2.05) is 24.4 Å². The van der Waals surface area contributed by atoms with Gasteiger partial charge in [-0.25, -0.2) is 4.98 Å². The lowest BCUT2D eigenvalue weighted by Crippen LogP contribution is -2.27. The molecule has 7 heteroatoms. The molecule has 1 amide bonds. The summed E-state index contributed by atoms with van der Waals surface area (Å²) < 4.78 is 7.32. The average Bonchev–Trinajstić information content (AvgIpc) is 3.02. The van der Waals surface area contributed by atoms with Crippen LogP contribution < -0.4 is 15.6 Å². The number of aromatic nitrogens is 2. The Morgan fingerprint density at radius 3 is 3.00 bits per heavy atom. The highest BCUT2D eigenvalue weighted by Crippen LogP contribution is 2.23. The molecule has 0 aliphatic carbocycles. The molecule has 1 aromatic carbocycles. The van der Waals surface area contributed by atoms with Crippen LogP contribution in [0.2, 0.25) is 0 Å². The van der Waals surface area contributed by atoms with E-state index >= 15 is 0 Å². The summed E-state index contributed by atoms with van der Waals surface area (Å²) in [5, 5.41) is 4.57. The topological polar surface area (TPSA) is 73.2 Å². The molecule has 0 radical (unpaired) electrons. The molecule has 23 heavy (non-hydrogen) atoms. The van der Waals surface area contributed by atoms with E-state index in [0.29, 0.717) is 28.3 Å². The number of nitrogens with zero attached hydrogens (tertiary/aromatic N) is 2. The van der Waals surface area contributed by atoms with Gasteiger partial charge in [0.1, 0.15) is 17.0 Å². The number of hydrogen-bond donors (Lipinski definition) is 1. The number of carbonyl (C=O) groups excluding carboxylic acids is 1. The third-order valence-electron chi connectivity index (χ3n) is 3.21. The maximum Gasteiger partial charge on any atom is 0.271 e. The molecule has 2 heterocycles. The van der Waals surface area contributed by atoms with Gasteiger partial charge in [-0.05, 0) is 30.5 Å². The van der Waals surface area contributed by atoms with Gasteiger partial charge in [-0.2, -0.15) is 0 Å². The molecule has 0 spiro atoms. The van der Waals surface area contributed by atoms with Crippen LogP contribution in [0.3, 0.4) is 0 Å². The molecule has 0 unspecified atom stereocenters. The van der Waals surface area contributed by atoms with Gasteiger partial charge < -0.3 is 10.1 Å². The molecule has 3 aromatic rings. The summed E-state index contributed by atoms with van der Waals surface area (Å²) in [7, 11) is 0. The molecular formula is C16H15N3O3S. The number of benzene rings is 1. The van der Waals surface area contributed by atoms with Crippen LogP contribution in [0, 0.1) is 0 Å². The lowest BCUT2D eigenvalue weighted by molar-refractivity contribution is -0.116. The number of fused-ring (bicyclic) bond motifs is 1. The van der Waals surface area contributed by atoms with Crippen LogP contribution in [0.25, 0.3) is 10.2 Å². The van der Waals surface area contributed by atoms with Crippen molar-refractivity contribution in [3.63, 3.8) is 0 Å². The molecule has 0 saturated carbocycles. The predicted octanol–water partition coefficient (Wildman–Crippen LogP) is 2.50. The van der Waals surface area contributed by atoms with E-state index < -0.39 is 0 Å². The Morgan fingerprint density at radius 2 is 2.17 bits per heavy atom. The largest absolute Gasteiger partial charge is 0.492 e. The van der Waals surface area contributed by atoms with Gasteiger partial charge in [0, 0.05) is 0 Å². The fourth-order valence-electron chi connectivity index (χ4n) is 2.19. The second-order valence-corrected chi connectivity index (χ2v) is 5.71. The molecule has 0 aliphatic heterocycles. The Labute approximate surface area is 136 Å². The van der Waals surface area contributed by atoms with E-state index in [4.69, 9.17) is 4.74 Å². The van der Waals surface area contributed by atoms with Crippen molar-refractivity contribution in [2.45, 2.75) is 13.5 Å². The minimum atomic E-state index is -0.308. The molecule has 0 fully saturated rings. The van der Waals surface area contributed by atoms with Crippen LogP contribution in [0.5, 0.6) is 5.75 Å². The van der Waals surface area contributed by atoms with Gasteiger partial charge in [-0.3, -0.25) is 14.2 Å². The second kappa shape index (κ2) is 6.62. The molecule has 2 aromatic heterocycles. The summed E-state index contributed by atoms with van der Waals surface area (Å²) in [5.41, 5.74) is 1.02. The number of rotatable bonds is 5. The maximum atomic E-state index is 12.3. The summed E-state index contributed by atoms with van der Waals surface area (Å²) in [4.78, 5) is 28.7. The third kappa shape index (κ3) is 3.24. The van der Waals surface area contributed by atoms with Gasteiger partial charge in [0.2, 0.25) is 5.91 Å². The zero-order chi connectivity index (χ0) is 16.2. The minimum Gasteiger partial charge on any atom is -0.492 e. The lowest BCUT2D eigenvalue weighted by atomic mass is 10.3. The summed E-state index contributed by atoms with van der Waals surface area (Å²) in [6.07, 6.45) is 1.39. The Kier molecular flexibility index (Phi) is 4.38. The highest BCUT2D eigenvalue weighted by atomic mass is 32.1. The average molecular weight is 329 g/mol. The first-order chi connectivity index (χ1) is 11.2. The number of thiophene rings is 1. The smallest absolute Gasteiger partial charge is 0.271 e. The van der Waals surface area contributed by atoms with Gasteiger partial charge in [0.05, 0.1) is 24.1 Å². The first-order valence-corrected chi connectivity index (χ1v) is 8.01. The monoisotopic (exact) mass is 329 g/mol. The first kappa shape index (κ1) is 15.2. The van der Waals surface area contributed by atoms with Crippen molar-refractivity contribution in [1.82, 2.24) is 9.55 Å². The van der Waals surface area contributed by atoms with E-state index in [1.54, 1.807) is 18.2 Å². The molecule has 0 bridgehead atoms. The van der Waals surface area contributed by atoms with Crippen molar-refractivity contribution in [2.75, 3.05) is 11.9 Å². The highest BCUT2D eigenvalue weighted by Gasteiger charge is 2.11. The van der Waals surface area contributed by atoms with Crippen molar-refractivity contribution in [3.8, 4) is 5.75 Å². The molecular weight excluding hydrogens is 314 g/mol. The second-order valence-electron chi connectivity index (χ2n) is 4.79. The summed E-state index contributed by atoms with van der Waals surface area (Å²) >= 11 is 1.32. The predicted molar refractivity (Wildman–Crippen MR) is 90.1 cm³/mol. The Bertz CT molecular complexity index is 901. The van der Waals surface area contributed by atoms with Crippen molar-refractivity contribution in [1.29, 1.82) is 0 Å². The number of anilines is 1. The molecule has 1 N–H and O–H groups in total. The van der Waals surface area contributed by atoms with Crippen LogP contribution in [-0.2, 0) is 11.3 Å². The van der Waals surface area contributed by atoms with Gasteiger partial charge in [-0.1, -0.05) is 12.1 Å². The summed E-state index contributed by atoms with van der Waals surface area (Å²) in [5.74, 6) is 0.291. The lowest BCUT2D eigenvalue weighted by Gasteiger charge is -2.11. The van der Waals surface area contributed by atoms with Crippen LogP contribution in [0.1, 0.15) is 6.92 Å². The van der Waals surface area contributed by atoms with Crippen molar-refractivity contribution in [3.05, 3.63) is 52.4 Å². The van der Waals surface area contributed by atoms with E-state index in [9.17, 15) is 9.59 Å².